The molecular weight excluding hydrogens is 350 g/mol. The number of hydrogen-bond donors (Lipinski definition) is 0. The number of halogens is 4. The molecule has 0 heterocycles. The molecule has 0 N–H and O–H groups in total. The van der Waals surface area contributed by atoms with Gasteiger partial charge in [0.1, 0.15) is 5.82 Å². The molecule has 0 nitrogen and oxygen atoms in total. The second-order valence-corrected chi connectivity index (χ2v) is 6.25. The second kappa shape index (κ2) is 5.82. The van der Waals surface area contributed by atoms with E-state index in [1.807, 2.05) is 25.1 Å². The van der Waals surface area contributed by atoms with Crippen molar-refractivity contribution >= 4 is 39.1 Å². The molecule has 0 aliphatic rings. The van der Waals surface area contributed by atoms with Crippen LogP contribution in [0.1, 0.15) is 27.1 Å². The molecule has 0 saturated carbocycles. The maximum atomic E-state index is 13.4. The molecule has 0 aliphatic carbocycles. The molecule has 0 radical (unpaired) electrons. The van der Waals surface area contributed by atoms with Gasteiger partial charge in [0.15, 0.2) is 0 Å². The number of aryl methyl sites for hydroxylation is 2. The average molecular weight is 362 g/mol. The molecule has 0 bridgehead atoms. The Morgan fingerprint density at radius 3 is 2.32 bits per heavy atom. The van der Waals surface area contributed by atoms with Crippen LogP contribution in [0.3, 0.4) is 0 Å². The van der Waals surface area contributed by atoms with E-state index in [4.69, 9.17) is 23.2 Å². The van der Waals surface area contributed by atoms with Crippen LogP contribution in [-0.2, 0) is 0 Å². The highest BCUT2D eigenvalue weighted by molar-refractivity contribution is 9.09. The Morgan fingerprint density at radius 1 is 1.00 bits per heavy atom. The minimum atomic E-state index is -0.290. The van der Waals surface area contributed by atoms with Crippen LogP contribution in [0.25, 0.3) is 0 Å². The third-order valence-corrected chi connectivity index (χ3v) is 4.60. The van der Waals surface area contributed by atoms with Crippen molar-refractivity contribution < 1.29 is 4.39 Å². The Kier molecular flexibility index (Phi) is 4.54. The van der Waals surface area contributed by atoms with E-state index in [0.717, 1.165) is 16.7 Å². The summed E-state index contributed by atoms with van der Waals surface area (Å²) in [4.78, 5) is -0.0865. The van der Waals surface area contributed by atoms with Crippen LogP contribution in [0.4, 0.5) is 4.39 Å². The van der Waals surface area contributed by atoms with Crippen molar-refractivity contribution in [2.24, 2.45) is 0 Å². The van der Waals surface area contributed by atoms with Crippen molar-refractivity contribution in [2.45, 2.75) is 18.7 Å². The summed E-state index contributed by atoms with van der Waals surface area (Å²) in [5.41, 5.74) is 3.56. The summed E-state index contributed by atoms with van der Waals surface area (Å²) in [6.07, 6.45) is 0. The molecule has 2 rings (SSSR count). The van der Waals surface area contributed by atoms with Gasteiger partial charge in [-0.05, 0) is 54.3 Å². The van der Waals surface area contributed by atoms with Gasteiger partial charge in [-0.15, -0.1) is 0 Å². The lowest BCUT2D eigenvalue weighted by Gasteiger charge is -2.16. The molecule has 19 heavy (non-hydrogen) atoms. The molecule has 0 fully saturated rings. The molecule has 0 spiro atoms. The Bertz CT molecular complexity index is 626. The second-order valence-electron chi connectivity index (χ2n) is 4.49. The number of alkyl halides is 1. The first-order valence-electron chi connectivity index (χ1n) is 5.76. The van der Waals surface area contributed by atoms with E-state index in [2.05, 4.69) is 15.9 Å². The van der Waals surface area contributed by atoms with Gasteiger partial charge < -0.3 is 0 Å². The quantitative estimate of drug-likeness (QED) is 0.556. The van der Waals surface area contributed by atoms with Gasteiger partial charge in [0.05, 0.1) is 4.83 Å². The van der Waals surface area contributed by atoms with Crippen LogP contribution in [0.5, 0.6) is 0 Å². The van der Waals surface area contributed by atoms with Crippen LogP contribution in [0, 0.1) is 19.7 Å². The van der Waals surface area contributed by atoms with Crippen molar-refractivity contribution in [1.82, 2.24) is 0 Å². The number of rotatable bonds is 2. The van der Waals surface area contributed by atoms with Crippen LogP contribution >= 0.6 is 39.1 Å². The average Bonchev–Trinajstić information content (AvgIpc) is 2.33. The molecule has 4 heteroatoms. The van der Waals surface area contributed by atoms with Crippen LogP contribution < -0.4 is 0 Å². The fourth-order valence-corrected chi connectivity index (χ4v) is 3.48. The van der Waals surface area contributed by atoms with E-state index in [-0.39, 0.29) is 10.6 Å². The van der Waals surface area contributed by atoms with Crippen molar-refractivity contribution in [3.8, 4) is 0 Å². The van der Waals surface area contributed by atoms with Gasteiger partial charge in [0, 0.05) is 10.0 Å². The van der Waals surface area contributed by atoms with Gasteiger partial charge in [0.2, 0.25) is 0 Å². The zero-order valence-corrected chi connectivity index (χ0v) is 13.6. The van der Waals surface area contributed by atoms with E-state index in [9.17, 15) is 4.39 Å². The fraction of sp³-hybridized carbons (Fsp3) is 0.200. The van der Waals surface area contributed by atoms with Gasteiger partial charge in [-0.3, -0.25) is 0 Å². The van der Waals surface area contributed by atoms with Crippen molar-refractivity contribution in [1.29, 1.82) is 0 Å². The monoisotopic (exact) mass is 360 g/mol. The van der Waals surface area contributed by atoms with E-state index in [1.54, 1.807) is 13.0 Å². The van der Waals surface area contributed by atoms with Gasteiger partial charge in [-0.2, -0.15) is 0 Å². The molecule has 100 valence electrons. The predicted octanol–water partition coefficient (Wildman–Crippen LogP) is 6.23. The van der Waals surface area contributed by atoms with Crippen LogP contribution in [0.2, 0.25) is 10.0 Å². The minimum Gasteiger partial charge on any atom is -0.207 e. The summed E-state index contributed by atoms with van der Waals surface area (Å²) in [7, 11) is 0. The zero-order chi connectivity index (χ0) is 14.2. The first-order valence-corrected chi connectivity index (χ1v) is 7.43. The molecule has 0 saturated heterocycles. The topological polar surface area (TPSA) is 0 Å². The summed E-state index contributed by atoms with van der Waals surface area (Å²) < 4.78 is 13.4. The molecule has 2 aromatic carbocycles. The maximum Gasteiger partial charge on any atom is 0.127 e. The highest BCUT2D eigenvalue weighted by atomic mass is 79.9. The number of benzene rings is 2. The summed E-state index contributed by atoms with van der Waals surface area (Å²) in [6, 6.07) is 8.81. The van der Waals surface area contributed by atoms with E-state index in [0.29, 0.717) is 15.6 Å². The Morgan fingerprint density at radius 2 is 1.68 bits per heavy atom. The smallest absolute Gasteiger partial charge is 0.127 e. The third-order valence-electron chi connectivity index (χ3n) is 3.06. The van der Waals surface area contributed by atoms with E-state index in [1.165, 1.54) is 6.07 Å². The molecule has 1 atom stereocenters. The largest absolute Gasteiger partial charge is 0.207 e. The lowest BCUT2D eigenvalue weighted by atomic mass is 9.99. The Hall–Kier alpha value is -0.570. The van der Waals surface area contributed by atoms with Gasteiger partial charge in [0.25, 0.3) is 0 Å². The maximum absolute atomic E-state index is 13.4. The molecular formula is C15H12BrCl2F. The van der Waals surface area contributed by atoms with Crippen LogP contribution in [-0.4, -0.2) is 0 Å². The Balaban J connectivity index is 2.49. The SMILES string of the molecule is Cc1cc(C(Br)c2ccc(Cl)cc2C)c(Cl)cc1F. The van der Waals surface area contributed by atoms with Crippen molar-refractivity contribution in [3.05, 3.63) is 68.4 Å². The summed E-state index contributed by atoms with van der Waals surface area (Å²) in [5.74, 6) is -0.290. The normalized spacial score (nSPS) is 12.5. The van der Waals surface area contributed by atoms with Gasteiger partial charge >= 0.3 is 0 Å². The Labute approximate surface area is 130 Å². The van der Waals surface area contributed by atoms with Crippen molar-refractivity contribution in [3.63, 3.8) is 0 Å². The highest BCUT2D eigenvalue weighted by Gasteiger charge is 2.17. The molecule has 2 aromatic rings. The summed E-state index contributed by atoms with van der Waals surface area (Å²) in [6.45, 7) is 3.71. The summed E-state index contributed by atoms with van der Waals surface area (Å²) >= 11 is 15.7. The molecule has 1 unspecified atom stereocenters. The fourth-order valence-electron chi connectivity index (χ4n) is 1.96. The van der Waals surface area contributed by atoms with Gasteiger partial charge in [-0.25, -0.2) is 4.39 Å². The molecule has 0 aromatic heterocycles. The standard InChI is InChI=1S/C15H12BrCl2F/c1-8-5-10(17)3-4-11(8)15(16)12-6-9(2)14(19)7-13(12)18/h3-7,15H,1-2H3. The minimum absolute atomic E-state index is 0.0865. The highest BCUT2D eigenvalue weighted by Crippen LogP contribution is 2.38. The number of hydrogen-bond acceptors (Lipinski definition) is 0. The third kappa shape index (κ3) is 3.13. The molecule has 0 aliphatic heterocycles. The summed E-state index contributed by atoms with van der Waals surface area (Å²) in [5, 5.41) is 1.11. The van der Waals surface area contributed by atoms with E-state index >= 15 is 0 Å². The lowest BCUT2D eigenvalue weighted by Crippen LogP contribution is -1.98. The van der Waals surface area contributed by atoms with E-state index < -0.39 is 0 Å². The molecule has 0 amide bonds. The first kappa shape index (κ1) is 14.8. The zero-order valence-electron chi connectivity index (χ0n) is 10.5. The lowest BCUT2D eigenvalue weighted by molar-refractivity contribution is 0.618. The predicted molar refractivity (Wildman–Crippen MR) is 83.1 cm³/mol. The van der Waals surface area contributed by atoms with Gasteiger partial charge in [-0.1, -0.05) is 51.3 Å². The van der Waals surface area contributed by atoms with Crippen molar-refractivity contribution in [2.75, 3.05) is 0 Å². The first-order chi connectivity index (χ1) is 8.90. The van der Waals surface area contributed by atoms with Crippen LogP contribution in [0.15, 0.2) is 30.3 Å².